The molecule has 3 rings (SSSR count). The van der Waals surface area contributed by atoms with Crippen molar-refractivity contribution in [3.05, 3.63) is 52.3 Å². The van der Waals surface area contributed by atoms with E-state index in [1.165, 1.54) is 19.2 Å². The van der Waals surface area contributed by atoms with Crippen molar-refractivity contribution in [2.75, 3.05) is 7.11 Å². The third-order valence-corrected chi connectivity index (χ3v) is 4.17. The summed E-state index contributed by atoms with van der Waals surface area (Å²) in [5, 5.41) is 3.25. The molecule has 0 bridgehead atoms. The van der Waals surface area contributed by atoms with Crippen LogP contribution in [0.1, 0.15) is 11.3 Å². The van der Waals surface area contributed by atoms with Crippen LogP contribution in [-0.4, -0.2) is 38.4 Å². The lowest BCUT2D eigenvalue weighted by molar-refractivity contribution is -0.287. The highest BCUT2D eigenvalue weighted by atomic mass is 19.4. The van der Waals surface area contributed by atoms with Gasteiger partial charge < -0.3 is 4.74 Å². The molecule has 0 radical (unpaired) electrons. The predicted molar refractivity (Wildman–Crippen MR) is 89.4 cm³/mol. The molecule has 0 unspecified atom stereocenters. The van der Waals surface area contributed by atoms with Crippen molar-refractivity contribution >= 4 is 5.65 Å². The van der Waals surface area contributed by atoms with Gasteiger partial charge in [-0.05, 0) is 17.7 Å². The van der Waals surface area contributed by atoms with Crippen LogP contribution in [0.15, 0.2) is 35.5 Å². The zero-order valence-electron chi connectivity index (χ0n) is 15.4. The van der Waals surface area contributed by atoms with Crippen LogP contribution in [0.4, 0.5) is 35.1 Å². The summed E-state index contributed by atoms with van der Waals surface area (Å²) in [4.78, 5) is 16.2. The van der Waals surface area contributed by atoms with Gasteiger partial charge in [-0.15, -0.1) is 0 Å². The van der Waals surface area contributed by atoms with E-state index in [9.17, 15) is 39.9 Å². The van der Waals surface area contributed by atoms with Crippen molar-refractivity contribution in [3.8, 4) is 11.1 Å². The third kappa shape index (κ3) is 4.38. The van der Waals surface area contributed by atoms with Crippen LogP contribution in [0.3, 0.4) is 0 Å². The second kappa shape index (κ2) is 7.59. The summed E-state index contributed by atoms with van der Waals surface area (Å²) in [6.07, 6.45) is -8.78. The number of methoxy groups -OCH3 is 1. The lowest BCUT2D eigenvalue weighted by Crippen LogP contribution is -2.40. The summed E-state index contributed by atoms with van der Waals surface area (Å²) >= 11 is 0. The Kier molecular flexibility index (Phi) is 5.54. The van der Waals surface area contributed by atoms with E-state index in [4.69, 9.17) is 4.74 Å². The van der Waals surface area contributed by atoms with Gasteiger partial charge in [-0.25, -0.2) is 4.98 Å². The molecule has 0 N–H and O–H groups in total. The molecule has 0 amide bonds. The highest BCUT2D eigenvalue weighted by Gasteiger charge is 2.57. The fourth-order valence-electron chi connectivity index (χ4n) is 2.77. The van der Waals surface area contributed by atoms with E-state index >= 15 is 0 Å². The number of nitrogens with zero attached hydrogens (tertiary/aromatic N) is 4. The number of halogens is 8. The zero-order valence-corrected chi connectivity index (χ0v) is 15.4. The number of pyridine rings is 1. The first kappa shape index (κ1) is 22.7. The van der Waals surface area contributed by atoms with Gasteiger partial charge in [0.25, 0.3) is 5.56 Å². The molecule has 0 saturated heterocycles. The molecule has 0 saturated carbocycles. The van der Waals surface area contributed by atoms with Crippen LogP contribution in [0, 0.1) is 0 Å². The topological polar surface area (TPSA) is 61.4 Å². The van der Waals surface area contributed by atoms with Crippen molar-refractivity contribution in [1.29, 1.82) is 0 Å². The Morgan fingerprint density at radius 2 is 1.77 bits per heavy atom. The van der Waals surface area contributed by atoms with E-state index in [-0.39, 0.29) is 16.9 Å². The van der Waals surface area contributed by atoms with E-state index in [0.717, 1.165) is 10.6 Å². The number of fused-ring (bicyclic) bond motifs is 1. The molecule has 0 aliphatic heterocycles. The second-order valence-corrected chi connectivity index (χ2v) is 6.46. The monoisotopic (exact) mass is 456 g/mol. The Morgan fingerprint density at radius 1 is 1.10 bits per heavy atom. The van der Waals surface area contributed by atoms with E-state index in [1.54, 1.807) is 0 Å². The molecule has 3 aromatic rings. The summed E-state index contributed by atoms with van der Waals surface area (Å²) in [5.74, 6) is -5.18. The number of aromatic nitrogens is 4. The van der Waals surface area contributed by atoms with E-state index in [0.29, 0.717) is 18.0 Å². The van der Waals surface area contributed by atoms with Crippen LogP contribution in [0.5, 0.6) is 0 Å². The van der Waals surface area contributed by atoms with Gasteiger partial charge in [0.1, 0.15) is 12.2 Å². The van der Waals surface area contributed by atoms with E-state index < -0.39 is 47.2 Å². The summed E-state index contributed by atoms with van der Waals surface area (Å²) < 4.78 is 110. The largest absolute Gasteiger partial charge is 0.455 e. The van der Waals surface area contributed by atoms with Crippen LogP contribution in [0.25, 0.3) is 16.8 Å². The number of alkyl halides is 8. The average Bonchev–Trinajstić information content (AvgIpc) is 3.07. The van der Waals surface area contributed by atoms with Gasteiger partial charge in [0.15, 0.2) is 5.69 Å². The first-order valence-corrected chi connectivity index (χ1v) is 8.33. The Hall–Kier alpha value is -3.03. The van der Waals surface area contributed by atoms with Crippen LogP contribution >= 0.6 is 0 Å². The minimum absolute atomic E-state index is 0.0374. The van der Waals surface area contributed by atoms with Crippen molar-refractivity contribution < 1.29 is 39.9 Å². The van der Waals surface area contributed by atoms with E-state index in [1.807, 2.05) is 0 Å². The molecule has 3 heterocycles. The molecule has 0 atom stereocenters. The fraction of sp³-hybridized carbons (Fsp3) is 0.353. The fourth-order valence-corrected chi connectivity index (χ4v) is 2.77. The van der Waals surface area contributed by atoms with Crippen molar-refractivity contribution in [2.24, 2.45) is 0 Å². The average molecular weight is 456 g/mol. The van der Waals surface area contributed by atoms with Crippen molar-refractivity contribution in [3.63, 3.8) is 0 Å². The SMILES string of the molecule is COCc1ccn2c(=O)c(-c3cnn(CC(F)(F)C(F)(F)F)c3)c(C(F)(F)F)nc2c1. The Balaban J connectivity index is 2.16. The van der Waals surface area contributed by atoms with Crippen LogP contribution in [-0.2, 0) is 24.1 Å². The molecule has 3 aromatic heterocycles. The molecule has 0 spiro atoms. The molecule has 0 aliphatic rings. The summed E-state index contributed by atoms with van der Waals surface area (Å²) in [5.41, 5.74) is -4.41. The molecular weight excluding hydrogens is 444 g/mol. The maximum Gasteiger partial charge on any atom is 0.455 e. The summed E-state index contributed by atoms with van der Waals surface area (Å²) in [7, 11) is 1.36. The number of hydrogen-bond donors (Lipinski definition) is 0. The zero-order chi connectivity index (χ0) is 23.2. The quantitative estimate of drug-likeness (QED) is 0.547. The maximum absolute atomic E-state index is 13.6. The lowest BCUT2D eigenvalue weighted by atomic mass is 10.1. The molecule has 6 nitrogen and oxygen atoms in total. The minimum atomic E-state index is -5.89. The molecule has 0 fully saturated rings. The maximum atomic E-state index is 13.6. The Labute approximate surface area is 167 Å². The number of hydrogen-bond acceptors (Lipinski definition) is 4. The molecule has 31 heavy (non-hydrogen) atoms. The summed E-state index contributed by atoms with van der Waals surface area (Å²) in [6.45, 7) is -1.93. The van der Waals surface area contributed by atoms with Gasteiger partial charge in [0.05, 0.1) is 18.4 Å². The van der Waals surface area contributed by atoms with Gasteiger partial charge in [0.2, 0.25) is 0 Å². The van der Waals surface area contributed by atoms with Gasteiger partial charge in [0, 0.05) is 25.1 Å². The lowest BCUT2D eigenvalue weighted by Gasteiger charge is -2.19. The molecule has 14 heteroatoms. The molecule has 168 valence electrons. The molecular formula is C17H12F8N4O2. The molecule has 0 aliphatic carbocycles. The normalized spacial score (nSPS) is 13.2. The first-order valence-electron chi connectivity index (χ1n) is 8.33. The Morgan fingerprint density at radius 3 is 2.35 bits per heavy atom. The van der Waals surface area contributed by atoms with Crippen LogP contribution < -0.4 is 5.56 Å². The number of ether oxygens (including phenoxy) is 1. The van der Waals surface area contributed by atoms with Gasteiger partial charge >= 0.3 is 18.3 Å². The molecule has 0 aromatic carbocycles. The number of rotatable bonds is 5. The van der Waals surface area contributed by atoms with Gasteiger partial charge in [-0.1, -0.05) is 0 Å². The van der Waals surface area contributed by atoms with Gasteiger partial charge in [-0.3, -0.25) is 13.9 Å². The van der Waals surface area contributed by atoms with E-state index in [2.05, 4.69) is 10.1 Å². The Bertz CT molecular complexity index is 1160. The van der Waals surface area contributed by atoms with Gasteiger partial charge in [-0.2, -0.15) is 40.2 Å². The first-order chi connectivity index (χ1) is 14.2. The van der Waals surface area contributed by atoms with Crippen molar-refractivity contribution in [2.45, 2.75) is 31.4 Å². The minimum Gasteiger partial charge on any atom is -0.380 e. The van der Waals surface area contributed by atoms with Crippen LogP contribution in [0.2, 0.25) is 0 Å². The smallest absolute Gasteiger partial charge is 0.380 e. The highest BCUT2D eigenvalue weighted by Crippen LogP contribution is 2.37. The highest BCUT2D eigenvalue weighted by molar-refractivity contribution is 5.66. The summed E-state index contributed by atoms with van der Waals surface area (Å²) in [6, 6.07) is 2.58. The standard InChI is InChI=1S/C17H12F8N4O2/c1-31-7-9-2-3-29-11(4-9)27-13(16(20,21)22)12(14(29)30)10-5-26-28(6-10)8-15(18,19)17(23,24)25/h2-6H,7-8H2,1H3. The second-order valence-electron chi connectivity index (χ2n) is 6.46. The predicted octanol–water partition coefficient (Wildman–Crippen LogP) is 3.92. The van der Waals surface area contributed by atoms with Crippen molar-refractivity contribution in [1.82, 2.24) is 19.2 Å². The third-order valence-electron chi connectivity index (χ3n) is 4.17.